The Morgan fingerprint density at radius 3 is 2.54 bits per heavy atom. The molecule has 0 saturated carbocycles. The van der Waals surface area contributed by atoms with Crippen LogP contribution in [0.3, 0.4) is 0 Å². The van der Waals surface area contributed by atoms with Crippen LogP contribution in [0.4, 0.5) is 0 Å². The lowest BCUT2D eigenvalue weighted by Crippen LogP contribution is -2.64. The number of rotatable bonds is 8. The van der Waals surface area contributed by atoms with Gasteiger partial charge in [-0.1, -0.05) is 62.4 Å². The van der Waals surface area contributed by atoms with Crippen LogP contribution in [0.1, 0.15) is 62.3 Å². The van der Waals surface area contributed by atoms with Crippen LogP contribution in [-0.2, 0) is 16.0 Å². The van der Waals surface area contributed by atoms with Crippen molar-refractivity contribution >= 4 is 16.9 Å². The summed E-state index contributed by atoms with van der Waals surface area (Å²) in [6.45, 7) is 12.4. The molecule has 1 aromatic heterocycles. The van der Waals surface area contributed by atoms with E-state index < -0.39 is 0 Å². The van der Waals surface area contributed by atoms with Crippen LogP contribution in [0.5, 0.6) is 0 Å². The Morgan fingerprint density at radius 2 is 1.89 bits per heavy atom. The van der Waals surface area contributed by atoms with E-state index in [4.69, 9.17) is 4.74 Å². The second kappa shape index (κ2) is 9.58. The van der Waals surface area contributed by atoms with Crippen molar-refractivity contribution in [1.29, 1.82) is 0 Å². The number of nitrogens with zero attached hydrogens (tertiary/aromatic N) is 2. The van der Waals surface area contributed by atoms with Gasteiger partial charge in [0.2, 0.25) is 0 Å². The van der Waals surface area contributed by atoms with Crippen LogP contribution in [0.15, 0.2) is 73.4 Å². The Morgan fingerprint density at radius 1 is 1.14 bits per heavy atom. The third-order valence-electron chi connectivity index (χ3n) is 7.94. The Bertz CT molecular complexity index is 1200. The van der Waals surface area contributed by atoms with E-state index >= 15 is 0 Å². The second-order valence-electron chi connectivity index (χ2n) is 10.9. The number of piperidine rings is 2. The lowest BCUT2D eigenvalue weighted by molar-refractivity contribution is -0.163. The molecule has 2 bridgehead atoms. The van der Waals surface area contributed by atoms with Crippen LogP contribution < -0.4 is 0 Å². The summed E-state index contributed by atoms with van der Waals surface area (Å²) < 4.78 is 6.42. The lowest BCUT2D eigenvalue weighted by Gasteiger charge is -2.58. The summed E-state index contributed by atoms with van der Waals surface area (Å²) in [5, 5.41) is 1.06. The van der Waals surface area contributed by atoms with Gasteiger partial charge >= 0.3 is 5.97 Å². The molecule has 0 N–H and O–H groups in total. The van der Waals surface area contributed by atoms with Crippen LogP contribution in [0, 0.1) is 11.3 Å². The molecule has 4 heterocycles. The first-order valence-electron chi connectivity index (χ1n) is 12.9. The standard InChI is InChI=1S/C31H36N2O2/c1-5-31-16-14-28(33(19-31)20-31)29(26-15-17-32-27-9-7-6-8-25(26)27)35-30(34)22(4)24-12-10-23(11-13-24)18-21(2)3/h5-13,15,17,21-22,28-29H,1,14,16,18-20H2,2-4H3. The Balaban J connectivity index is 1.42. The molecule has 0 aliphatic carbocycles. The summed E-state index contributed by atoms with van der Waals surface area (Å²) in [4.78, 5) is 20.5. The van der Waals surface area contributed by atoms with Crippen LogP contribution in [0.2, 0.25) is 0 Å². The second-order valence-corrected chi connectivity index (χ2v) is 10.9. The zero-order chi connectivity index (χ0) is 24.6. The predicted molar refractivity (Wildman–Crippen MR) is 141 cm³/mol. The molecule has 0 radical (unpaired) electrons. The molecule has 3 aromatic rings. The summed E-state index contributed by atoms with van der Waals surface area (Å²) in [6, 6.07) is 18.8. The molecule has 0 spiro atoms. The number of carbonyl (C=O) groups excluding carboxylic acids is 1. The molecule has 182 valence electrons. The number of hydrogen-bond donors (Lipinski definition) is 0. The fourth-order valence-electron chi connectivity index (χ4n) is 5.84. The molecule has 35 heavy (non-hydrogen) atoms. The van der Waals surface area contributed by atoms with E-state index in [0.717, 1.165) is 54.4 Å². The molecule has 3 fully saturated rings. The normalized spacial score (nSPS) is 25.0. The van der Waals surface area contributed by atoms with E-state index in [2.05, 4.69) is 66.7 Å². The van der Waals surface area contributed by atoms with Crippen molar-refractivity contribution in [2.45, 2.75) is 58.1 Å². The van der Waals surface area contributed by atoms with Crippen molar-refractivity contribution in [2.75, 3.05) is 13.1 Å². The number of ether oxygens (including phenoxy) is 1. The minimum atomic E-state index is -0.332. The summed E-state index contributed by atoms with van der Waals surface area (Å²) in [5.74, 6) is 0.107. The summed E-state index contributed by atoms with van der Waals surface area (Å²) in [5.41, 5.74) is 4.51. The van der Waals surface area contributed by atoms with Crippen LogP contribution in [0.25, 0.3) is 10.9 Å². The summed E-state index contributed by atoms with van der Waals surface area (Å²) in [6.07, 6.45) is 6.73. The number of carbonyl (C=O) groups is 1. The van der Waals surface area contributed by atoms with Gasteiger partial charge in [-0.15, -0.1) is 6.58 Å². The molecule has 3 saturated heterocycles. The number of fused-ring (bicyclic) bond motifs is 3. The Hall–Kier alpha value is -2.98. The van der Waals surface area contributed by atoms with Gasteiger partial charge < -0.3 is 4.74 Å². The number of esters is 1. The van der Waals surface area contributed by atoms with E-state index in [0.29, 0.717) is 5.92 Å². The fraction of sp³-hybridized carbons (Fsp3) is 0.419. The number of pyridine rings is 1. The van der Waals surface area contributed by atoms with E-state index in [1.54, 1.807) is 0 Å². The summed E-state index contributed by atoms with van der Waals surface area (Å²) >= 11 is 0. The van der Waals surface area contributed by atoms with Crippen LogP contribution >= 0.6 is 0 Å². The van der Waals surface area contributed by atoms with Gasteiger partial charge in [0.1, 0.15) is 6.10 Å². The highest BCUT2D eigenvalue weighted by Gasteiger charge is 2.51. The van der Waals surface area contributed by atoms with Crippen molar-refractivity contribution in [3.8, 4) is 0 Å². The van der Waals surface area contributed by atoms with E-state index in [9.17, 15) is 4.79 Å². The maximum absolute atomic E-state index is 13.5. The molecular formula is C31H36N2O2. The minimum absolute atomic E-state index is 0.159. The van der Waals surface area contributed by atoms with Gasteiger partial charge in [-0.05, 0) is 55.4 Å². The Labute approximate surface area is 209 Å². The van der Waals surface area contributed by atoms with Gasteiger partial charge in [-0.2, -0.15) is 0 Å². The maximum Gasteiger partial charge on any atom is 0.313 e. The molecule has 6 rings (SSSR count). The molecule has 3 aliphatic heterocycles. The first-order chi connectivity index (χ1) is 16.9. The molecule has 0 amide bonds. The number of aromatic nitrogens is 1. The molecule has 3 unspecified atom stereocenters. The summed E-state index contributed by atoms with van der Waals surface area (Å²) in [7, 11) is 0. The highest BCUT2D eigenvalue weighted by atomic mass is 16.5. The maximum atomic E-state index is 13.5. The predicted octanol–water partition coefficient (Wildman–Crippen LogP) is 6.47. The lowest BCUT2D eigenvalue weighted by atomic mass is 9.68. The van der Waals surface area contributed by atoms with Crippen molar-refractivity contribution in [3.63, 3.8) is 0 Å². The van der Waals surface area contributed by atoms with Crippen molar-refractivity contribution in [3.05, 3.63) is 90.1 Å². The van der Waals surface area contributed by atoms with Gasteiger partial charge in [0, 0.05) is 35.7 Å². The zero-order valence-electron chi connectivity index (χ0n) is 21.1. The van der Waals surface area contributed by atoms with Crippen molar-refractivity contribution < 1.29 is 9.53 Å². The van der Waals surface area contributed by atoms with Gasteiger partial charge in [0.25, 0.3) is 0 Å². The SMILES string of the molecule is C=CC12CCC(C(OC(=O)C(C)c3ccc(CC(C)C)cc3)c3ccnc4ccccc34)N(C1)C2. The average molecular weight is 469 g/mol. The number of hydrogen-bond acceptors (Lipinski definition) is 4. The van der Waals surface area contributed by atoms with Gasteiger partial charge in [-0.25, -0.2) is 0 Å². The Kier molecular flexibility index (Phi) is 6.50. The third kappa shape index (κ3) is 4.64. The number of para-hydroxylation sites is 1. The van der Waals surface area contributed by atoms with E-state index in [1.807, 2.05) is 37.4 Å². The highest BCUT2D eigenvalue weighted by molar-refractivity contribution is 5.83. The van der Waals surface area contributed by atoms with E-state index in [-0.39, 0.29) is 29.4 Å². The zero-order valence-corrected chi connectivity index (χ0v) is 21.1. The van der Waals surface area contributed by atoms with Gasteiger partial charge in [-0.3, -0.25) is 14.7 Å². The third-order valence-corrected chi connectivity index (χ3v) is 7.94. The minimum Gasteiger partial charge on any atom is -0.455 e. The van der Waals surface area contributed by atoms with E-state index in [1.165, 1.54) is 5.56 Å². The molecule has 4 heteroatoms. The first kappa shape index (κ1) is 23.7. The molecular weight excluding hydrogens is 432 g/mol. The van der Waals surface area contributed by atoms with Gasteiger partial charge in [0.15, 0.2) is 0 Å². The monoisotopic (exact) mass is 468 g/mol. The molecule has 2 aromatic carbocycles. The topological polar surface area (TPSA) is 42.4 Å². The molecule has 3 aliphatic rings. The van der Waals surface area contributed by atoms with Gasteiger partial charge in [0.05, 0.1) is 17.5 Å². The fourth-order valence-corrected chi connectivity index (χ4v) is 5.84. The largest absolute Gasteiger partial charge is 0.455 e. The molecule has 3 atom stereocenters. The van der Waals surface area contributed by atoms with Crippen LogP contribution in [-0.4, -0.2) is 35.0 Å². The smallest absolute Gasteiger partial charge is 0.313 e. The molecule has 4 nitrogen and oxygen atoms in total. The van der Waals surface area contributed by atoms with Crippen molar-refractivity contribution in [1.82, 2.24) is 9.88 Å². The van der Waals surface area contributed by atoms with Crippen molar-refractivity contribution in [2.24, 2.45) is 11.3 Å². The average Bonchev–Trinajstić information content (AvgIpc) is 2.86. The quantitative estimate of drug-likeness (QED) is 0.281. The highest BCUT2D eigenvalue weighted by Crippen LogP contribution is 2.48. The number of benzene rings is 2. The first-order valence-corrected chi connectivity index (χ1v) is 12.9.